The zero-order valence-corrected chi connectivity index (χ0v) is 72.7. The minimum atomic E-state index is -3.79. The molecule has 8 N–H and O–H groups in total. The first kappa shape index (κ1) is 88.9. The number of guanidine groups is 4. The molecule has 16 rings (SSSR count). The lowest BCUT2D eigenvalue weighted by molar-refractivity contribution is 0.0976. The molecule has 0 fully saturated rings. The monoisotopic (exact) mass is 1780 g/mol. The van der Waals surface area contributed by atoms with E-state index in [1.54, 1.807) is 106 Å². The highest BCUT2D eigenvalue weighted by Crippen LogP contribution is 2.50. The molecule has 0 unspecified atom stereocenters. The fourth-order valence-corrected chi connectivity index (χ4v) is 24.4. The van der Waals surface area contributed by atoms with Crippen LogP contribution < -0.4 is 37.1 Å². The molecule has 8 aliphatic rings. The number of carbonyl (C=O) groups is 4. The Morgan fingerprint density at radius 3 is 1.20 bits per heavy atom. The van der Waals surface area contributed by atoms with Gasteiger partial charge in [0.15, 0.2) is 29.0 Å². The molecule has 0 saturated heterocycles. The van der Waals surface area contributed by atoms with E-state index in [1.807, 2.05) is 45.0 Å². The molecule has 0 saturated carbocycles. The first-order valence-corrected chi connectivity index (χ1v) is 45.3. The number of aliphatic imine (C=N–C) groups is 4. The van der Waals surface area contributed by atoms with Crippen molar-refractivity contribution in [2.75, 3.05) is 48.0 Å². The number of rotatable bonds is 12. The van der Waals surface area contributed by atoms with E-state index in [4.69, 9.17) is 55.3 Å². The quantitative estimate of drug-likeness (QED) is 0.0657. The minimum absolute atomic E-state index is 0.00747. The number of sulfonamides is 4. The van der Waals surface area contributed by atoms with Crippen LogP contribution in [0.25, 0.3) is 4.85 Å². The Hall–Kier alpha value is -11.9. The zero-order chi connectivity index (χ0) is 89.2. The van der Waals surface area contributed by atoms with E-state index in [1.165, 1.54) is 40.5 Å². The van der Waals surface area contributed by atoms with Crippen molar-refractivity contribution >= 4 is 104 Å². The predicted molar refractivity (Wildman–Crippen MR) is 457 cm³/mol. The Labute approximate surface area is 716 Å². The van der Waals surface area contributed by atoms with Crippen LogP contribution in [0.15, 0.2) is 154 Å². The second kappa shape index (κ2) is 33.7. The first-order chi connectivity index (χ1) is 57.9. The topological polar surface area (TPSA) is 455 Å². The number of hydrogen-bond acceptors (Lipinski definition) is 27. The maximum absolute atomic E-state index is 13.9. The summed E-state index contributed by atoms with van der Waals surface area (Å²) in [7, 11) is -9.27. The highest BCUT2D eigenvalue weighted by molar-refractivity contribution is 7.91. The van der Waals surface area contributed by atoms with Gasteiger partial charge in [-0.2, -0.15) is 0 Å². The van der Waals surface area contributed by atoms with Crippen molar-refractivity contribution in [3.05, 3.63) is 246 Å². The number of ketones is 4. The average molecular weight is 1780 g/mol. The summed E-state index contributed by atoms with van der Waals surface area (Å²) in [5.41, 5.74) is 28.1. The first-order valence-electron chi connectivity index (χ1n) is 38.9. The van der Waals surface area contributed by atoms with Crippen molar-refractivity contribution in [3.8, 4) is 17.2 Å². The number of fused-ring (bicyclic) bond motifs is 12. The summed E-state index contributed by atoms with van der Waals surface area (Å²) >= 11 is 6.20. The molecule has 0 bridgehead atoms. The lowest BCUT2D eigenvalue weighted by atomic mass is 9.84. The molecule has 123 heavy (non-hydrogen) atoms. The van der Waals surface area contributed by atoms with E-state index in [0.29, 0.717) is 79.5 Å². The van der Waals surface area contributed by atoms with Gasteiger partial charge >= 0.3 is 0 Å². The van der Waals surface area contributed by atoms with E-state index in [0.717, 1.165) is 64.1 Å². The molecule has 11 heterocycles. The molecule has 7 aliphatic heterocycles. The molecule has 0 radical (unpaired) electrons. The van der Waals surface area contributed by atoms with Crippen LogP contribution in [0.4, 0.5) is 14.5 Å². The summed E-state index contributed by atoms with van der Waals surface area (Å²) in [4.78, 5) is 88.2. The van der Waals surface area contributed by atoms with E-state index in [9.17, 15) is 61.6 Å². The highest BCUT2D eigenvalue weighted by Gasteiger charge is 2.57. The average Bonchev–Trinajstić information content (AvgIpc) is 1.73. The molecule has 39 heteroatoms. The third-order valence-corrected chi connectivity index (χ3v) is 33.3. The Balaban J connectivity index is 0.000000141. The molecule has 0 amide bonds. The fourth-order valence-electron chi connectivity index (χ4n) is 16.7. The normalized spacial score (nSPS) is 24.4. The largest absolute Gasteiger partial charge is 0.493 e. The summed E-state index contributed by atoms with van der Waals surface area (Å²) in [6.45, 7) is 18.4. The molecule has 1 aliphatic carbocycles. The summed E-state index contributed by atoms with van der Waals surface area (Å²) in [5, 5.41) is -2.98. The number of halogens is 3. The molecular weight excluding hydrogens is 1690 g/mol. The number of nitrogens with two attached hydrogens (primary N) is 4. The van der Waals surface area contributed by atoms with Gasteiger partial charge in [0.1, 0.15) is 89.0 Å². The molecule has 32 nitrogen and oxygen atoms in total. The maximum Gasteiger partial charge on any atom is 0.242 e. The fraction of sp³-hybridized carbons (Fsp3) is 0.369. The number of carbonyl (C=O) groups excluding carboxylic acids is 4. The summed E-state index contributed by atoms with van der Waals surface area (Å²) in [5.74, 6) is -1.94. The van der Waals surface area contributed by atoms with Crippen LogP contribution in [-0.2, 0) is 94.4 Å². The molecule has 4 aromatic heterocycles. The molecule has 8 atom stereocenters. The van der Waals surface area contributed by atoms with Gasteiger partial charge in [-0.05, 0) is 160 Å². The molecule has 0 spiro atoms. The Morgan fingerprint density at radius 2 is 0.813 bits per heavy atom. The van der Waals surface area contributed by atoms with Gasteiger partial charge in [0.25, 0.3) is 0 Å². The van der Waals surface area contributed by atoms with Gasteiger partial charge in [0.2, 0.25) is 69.6 Å². The van der Waals surface area contributed by atoms with Crippen LogP contribution in [-0.4, -0.2) is 187 Å². The second-order valence-electron chi connectivity index (χ2n) is 31.7. The van der Waals surface area contributed by atoms with Gasteiger partial charge in [-0.3, -0.25) is 34.1 Å². The Kier molecular flexibility index (Phi) is 24.4. The smallest absolute Gasteiger partial charge is 0.242 e. The van der Waals surface area contributed by atoms with Crippen molar-refractivity contribution < 1.29 is 75.8 Å². The van der Waals surface area contributed by atoms with Crippen LogP contribution >= 0.6 is 11.6 Å². The third-order valence-electron chi connectivity index (χ3n) is 23.6. The van der Waals surface area contributed by atoms with Crippen LogP contribution in [0, 0.1) is 32.1 Å². The van der Waals surface area contributed by atoms with Crippen molar-refractivity contribution in [3.63, 3.8) is 0 Å². The zero-order valence-electron chi connectivity index (χ0n) is 68.7. The summed E-state index contributed by atoms with van der Waals surface area (Å²) in [6, 6.07) is 30.2. The number of hydrogen-bond donors (Lipinski definition) is 4. The summed E-state index contributed by atoms with van der Waals surface area (Å²) in [6.07, 6.45) is 8.24. The lowest BCUT2D eigenvalue weighted by Gasteiger charge is -2.41. The van der Waals surface area contributed by atoms with Crippen molar-refractivity contribution in [2.24, 2.45) is 42.9 Å². The highest BCUT2D eigenvalue weighted by atomic mass is 35.5. The molecule has 646 valence electrons. The molecular formula is C84H90ClF2N17O15S4. The van der Waals surface area contributed by atoms with Gasteiger partial charge in [0, 0.05) is 114 Å². The number of Topliss-reactive ketones (excluding diaryl/α,β-unsaturated/α-hetero) is 4. The number of ether oxygens (including phenoxy) is 3. The number of benzene rings is 4. The van der Waals surface area contributed by atoms with Crippen LogP contribution in [0.3, 0.4) is 0 Å². The maximum atomic E-state index is 13.9. The van der Waals surface area contributed by atoms with Crippen LogP contribution in [0.5, 0.6) is 17.2 Å². The summed E-state index contributed by atoms with van der Waals surface area (Å²) < 4.78 is 153. The second-order valence-corrected chi connectivity index (χ2v) is 40.7. The number of pyridine rings is 4. The van der Waals surface area contributed by atoms with Gasteiger partial charge in [0.05, 0.1) is 37.6 Å². The van der Waals surface area contributed by atoms with Crippen molar-refractivity contribution in [1.29, 1.82) is 0 Å². The number of nitrogens with zero attached hydrogens (tertiary/aromatic N) is 13. The van der Waals surface area contributed by atoms with Gasteiger partial charge in [-0.1, -0.05) is 60.1 Å². The molecule has 4 aromatic carbocycles. The van der Waals surface area contributed by atoms with Gasteiger partial charge in [-0.25, -0.2) is 89.5 Å². The van der Waals surface area contributed by atoms with Gasteiger partial charge in [-0.15, -0.1) is 0 Å². The predicted octanol–water partition coefficient (Wildman–Crippen LogP) is 8.51. The Morgan fingerprint density at radius 1 is 0.455 bits per heavy atom. The van der Waals surface area contributed by atoms with Crippen molar-refractivity contribution in [2.45, 2.75) is 149 Å². The van der Waals surface area contributed by atoms with E-state index < -0.39 is 106 Å². The minimum Gasteiger partial charge on any atom is -0.493 e. The van der Waals surface area contributed by atoms with Crippen LogP contribution in [0.2, 0.25) is 5.02 Å². The van der Waals surface area contributed by atoms with E-state index in [-0.39, 0.29) is 117 Å². The SMILES string of the molecule is CN1C(N)=N[C@]2(C)c3cc(CC(=O)c4ncc(F)cc4F)ccc3OCC[C@@H]2S1(=O)=O.Cc1ccc(C(=O)Cc2ccc3c(c2)[C@@]2(C)N=C(N)N(C)S(=O)(=O)[C@H]2CCC3)nc1.Cc1cnc(C(=O)Cc2ccc3c(c2)[C@@]2(C)N=C(N)N(C)S(=O)(=O)[C@H]2CCO3)c(Cl)c1.[C-]#[N+]c1ccc(C(=O)Cc2ccc3c(c2)[C@@]2(C)N=C(N)N(C)S(=O)(=O)[C@H]2CCO3)nc1. The van der Waals surface area contributed by atoms with E-state index in [2.05, 4.69) is 44.8 Å². The van der Waals surface area contributed by atoms with Crippen molar-refractivity contribution in [1.82, 2.24) is 37.2 Å². The van der Waals surface area contributed by atoms with Gasteiger partial charge < -0.3 is 37.1 Å². The number of aromatic nitrogens is 4. The number of aryl methyl sites for hydroxylation is 3. The molecule has 8 aromatic rings. The standard InChI is InChI=1S/C22H26N4O3S.C21H23ClN4O4S.C21H21N5O4S.C20H20F2N4O4S/c1-14-7-10-18(24-13-14)19(27)12-15-8-9-16-5-4-6-20-22(2,17(16)11-15)25-21(23)26(3)30(20,28)29;1-12-8-15(22)19(24-11-12)16(27)10-13-4-5-17-14(9-13)21(2)18(6-7-30-17)31(28,29)26(3)20(23)25-21;1-21-15-10-13(11-17(27)16-6-5-14(23-2)12-24-16)4-7-18(15)30-9-8-19(21)31(28,29)26(3)20(22)25-21;1-20-13-7-11(8-15(27)18-14(22)9-12(21)10-24-18)3-4-16(13)30-6-5-17(20)31(28,29)26(2)19(23)25-20/h7-11,13,20H,4-6,12H2,1-3H3,(H2,23,25);4-5,8-9,11,18H,6-7,10H2,1-3H3,(H2,23,25);4-7,10,12,19H,8-9,11H2,1,3H3,(H2,22,25);3-4,7,9-10,17H,5-6,8H2,1-2H3,(H2,23,25)/t20-,22+;18-,21+;19-,21+;17-,20+/m0000/s1. The Bertz CT molecular complexity index is 6140. The lowest BCUT2D eigenvalue weighted by Crippen LogP contribution is -2.56. The third kappa shape index (κ3) is 16.9. The van der Waals surface area contributed by atoms with Crippen LogP contribution in [0.1, 0.15) is 163 Å². The van der Waals surface area contributed by atoms with E-state index >= 15 is 0 Å².